The molecule has 1 saturated heterocycles. The van der Waals surface area contributed by atoms with E-state index in [-0.39, 0.29) is 5.91 Å². The van der Waals surface area contributed by atoms with Crippen molar-refractivity contribution in [3.63, 3.8) is 0 Å². The maximum Gasteiger partial charge on any atom is 0.270 e. The minimum atomic E-state index is -0.177. The number of carbonyl (C=O) groups is 1. The van der Waals surface area contributed by atoms with Crippen LogP contribution in [0.2, 0.25) is 0 Å². The van der Waals surface area contributed by atoms with Gasteiger partial charge in [-0.1, -0.05) is 6.92 Å². The Balaban J connectivity index is 1.69. The van der Waals surface area contributed by atoms with Crippen molar-refractivity contribution in [3.8, 4) is 0 Å². The van der Waals surface area contributed by atoms with Crippen molar-refractivity contribution in [3.05, 3.63) is 47.5 Å². The maximum absolute atomic E-state index is 12.4. The largest absolute Gasteiger partial charge is 0.347 e. The molecule has 6 nitrogen and oxygen atoms in total. The first kappa shape index (κ1) is 16.4. The van der Waals surface area contributed by atoms with Crippen molar-refractivity contribution in [1.82, 2.24) is 20.3 Å². The van der Waals surface area contributed by atoms with Crippen LogP contribution in [-0.4, -0.2) is 33.9 Å². The van der Waals surface area contributed by atoms with E-state index in [0.717, 1.165) is 43.1 Å². The number of piperidine rings is 1. The van der Waals surface area contributed by atoms with Gasteiger partial charge in [-0.2, -0.15) is 0 Å². The Bertz CT molecular complexity index is 696. The number of hydrogen-bond acceptors (Lipinski definition) is 5. The minimum absolute atomic E-state index is 0.177. The number of nitrogens with one attached hydrogen (secondary N) is 1. The Labute approximate surface area is 142 Å². The molecule has 0 unspecified atom stereocenters. The lowest BCUT2D eigenvalue weighted by Crippen LogP contribution is -2.35. The molecule has 6 heteroatoms. The van der Waals surface area contributed by atoms with E-state index in [2.05, 4.69) is 32.1 Å². The summed E-state index contributed by atoms with van der Waals surface area (Å²) >= 11 is 0. The molecule has 3 heterocycles. The number of aromatic nitrogens is 3. The third kappa shape index (κ3) is 4.07. The summed E-state index contributed by atoms with van der Waals surface area (Å²) in [7, 11) is 0. The van der Waals surface area contributed by atoms with E-state index in [0.29, 0.717) is 18.2 Å². The van der Waals surface area contributed by atoms with E-state index in [1.165, 1.54) is 0 Å². The number of anilines is 1. The first-order chi connectivity index (χ1) is 11.6. The van der Waals surface area contributed by atoms with Gasteiger partial charge < -0.3 is 10.2 Å². The second-order valence-corrected chi connectivity index (χ2v) is 6.40. The van der Waals surface area contributed by atoms with Gasteiger partial charge in [-0.15, -0.1) is 0 Å². The highest BCUT2D eigenvalue weighted by Crippen LogP contribution is 2.20. The molecule has 0 atom stereocenters. The van der Waals surface area contributed by atoms with Crippen molar-refractivity contribution in [2.45, 2.75) is 33.2 Å². The van der Waals surface area contributed by atoms with E-state index >= 15 is 0 Å². The number of nitrogens with zero attached hydrogens (tertiary/aromatic N) is 4. The van der Waals surface area contributed by atoms with Crippen LogP contribution < -0.4 is 10.2 Å². The third-order valence-corrected chi connectivity index (χ3v) is 4.34. The summed E-state index contributed by atoms with van der Waals surface area (Å²) in [6.45, 7) is 6.52. The quantitative estimate of drug-likeness (QED) is 0.934. The van der Waals surface area contributed by atoms with Crippen molar-refractivity contribution < 1.29 is 4.79 Å². The zero-order chi connectivity index (χ0) is 16.9. The number of hydrogen-bond donors (Lipinski definition) is 1. The van der Waals surface area contributed by atoms with Crippen LogP contribution in [0.15, 0.2) is 30.6 Å². The van der Waals surface area contributed by atoms with E-state index < -0.39 is 0 Å². The third-order valence-electron chi connectivity index (χ3n) is 4.34. The molecule has 1 aliphatic rings. The average Bonchev–Trinajstić information content (AvgIpc) is 2.60. The number of aryl methyl sites for hydroxylation is 1. The van der Waals surface area contributed by atoms with Gasteiger partial charge in [0.1, 0.15) is 5.69 Å². The SMILES string of the molecule is Cc1cc(C(=O)NCc2ccncc2)nc(N2CCC(C)CC2)n1. The number of amides is 1. The summed E-state index contributed by atoms with van der Waals surface area (Å²) in [6.07, 6.45) is 5.71. The molecule has 2 aromatic heterocycles. The molecule has 3 rings (SSSR count). The molecule has 0 bridgehead atoms. The summed E-state index contributed by atoms with van der Waals surface area (Å²) < 4.78 is 0. The number of pyridine rings is 1. The Morgan fingerprint density at radius 3 is 2.67 bits per heavy atom. The Morgan fingerprint density at radius 1 is 1.25 bits per heavy atom. The van der Waals surface area contributed by atoms with Gasteiger partial charge in [-0.05, 0) is 49.4 Å². The van der Waals surface area contributed by atoms with Gasteiger partial charge in [0.15, 0.2) is 0 Å². The monoisotopic (exact) mass is 325 g/mol. The standard InChI is InChI=1S/C18H23N5O/c1-13-5-9-23(10-6-13)18-21-14(2)11-16(22-18)17(24)20-12-15-3-7-19-8-4-15/h3-4,7-8,11,13H,5-6,9-10,12H2,1-2H3,(H,20,24). The molecule has 126 valence electrons. The summed E-state index contributed by atoms with van der Waals surface area (Å²) in [4.78, 5) is 27.6. The molecule has 0 saturated carbocycles. The number of rotatable bonds is 4. The zero-order valence-corrected chi connectivity index (χ0v) is 14.2. The Kier molecular flexibility index (Phi) is 5.03. The van der Waals surface area contributed by atoms with E-state index in [1.807, 2.05) is 19.1 Å². The lowest BCUT2D eigenvalue weighted by molar-refractivity contribution is 0.0945. The van der Waals surface area contributed by atoms with Gasteiger partial charge in [-0.25, -0.2) is 9.97 Å². The van der Waals surface area contributed by atoms with Gasteiger partial charge in [0, 0.05) is 37.7 Å². The number of carbonyl (C=O) groups excluding carboxylic acids is 1. The molecule has 1 amide bonds. The first-order valence-electron chi connectivity index (χ1n) is 8.39. The van der Waals surface area contributed by atoms with Crippen LogP contribution >= 0.6 is 0 Å². The summed E-state index contributed by atoms with van der Waals surface area (Å²) in [5.74, 6) is 1.23. The van der Waals surface area contributed by atoms with Crippen molar-refractivity contribution >= 4 is 11.9 Å². The molecular weight excluding hydrogens is 302 g/mol. The predicted octanol–water partition coefficient (Wildman–Crippen LogP) is 2.35. The van der Waals surface area contributed by atoms with Gasteiger partial charge in [-0.3, -0.25) is 9.78 Å². The zero-order valence-electron chi connectivity index (χ0n) is 14.2. The van der Waals surface area contributed by atoms with Crippen LogP contribution in [0.4, 0.5) is 5.95 Å². The second-order valence-electron chi connectivity index (χ2n) is 6.40. The van der Waals surface area contributed by atoms with Crippen LogP contribution in [0.3, 0.4) is 0 Å². The van der Waals surface area contributed by atoms with Gasteiger partial charge in [0.2, 0.25) is 5.95 Å². The van der Waals surface area contributed by atoms with E-state index in [9.17, 15) is 4.79 Å². The highest BCUT2D eigenvalue weighted by atomic mass is 16.1. The molecule has 0 spiro atoms. The fraction of sp³-hybridized carbons (Fsp3) is 0.444. The second kappa shape index (κ2) is 7.38. The molecule has 0 radical (unpaired) electrons. The fourth-order valence-corrected chi connectivity index (χ4v) is 2.79. The molecule has 1 aliphatic heterocycles. The summed E-state index contributed by atoms with van der Waals surface area (Å²) in [6, 6.07) is 5.50. The first-order valence-corrected chi connectivity index (χ1v) is 8.39. The normalized spacial score (nSPS) is 15.3. The lowest BCUT2D eigenvalue weighted by Gasteiger charge is -2.30. The van der Waals surface area contributed by atoms with Crippen LogP contribution in [0.5, 0.6) is 0 Å². The van der Waals surface area contributed by atoms with Crippen LogP contribution in [0, 0.1) is 12.8 Å². The predicted molar refractivity (Wildman–Crippen MR) is 92.8 cm³/mol. The van der Waals surface area contributed by atoms with Gasteiger partial charge in [0.25, 0.3) is 5.91 Å². The van der Waals surface area contributed by atoms with Crippen LogP contribution in [-0.2, 0) is 6.54 Å². The molecular formula is C18H23N5O. The maximum atomic E-state index is 12.4. The molecule has 1 N–H and O–H groups in total. The highest BCUT2D eigenvalue weighted by Gasteiger charge is 2.20. The highest BCUT2D eigenvalue weighted by molar-refractivity contribution is 5.92. The van der Waals surface area contributed by atoms with Crippen molar-refractivity contribution in [1.29, 1.82) is 0 Å². The Hall–Kier alpha value is -2.50. The van der Waals surface area contributed by atoms with Gasteiger partial charge in [0.05, 0.1) is 0 Å². The molecule has 2 aromatic rings. The molecule has 0 aliphatic carbocycles. The smallest absolute Gasteiger partial charge is 0.270 e. The summed E-state index contributed by atoms with van der Waals surface area (Å²) in [5.41, 5.74) is 2.24. The molecule has 0 aromatic carbocycles. The van der Waals surface area contributed by atoms with Crippen LogP contribution in [0.1, 0.15) is 41.5 Å². The lowest BCUT2D eigenvalue weighted by atomic mass is 10.00. The van der Waals surface area contributed by atoms with E-state index in [4.69, 9.17) is 0 Å². The molecule has 24 heavy (non-hydrogen) atoms. The van der Waals surface area contributed by atoms with Crippen molar-refractivity contribution in [2.24, 2.45) is 5.92 Å². The van der Waals surface area contributed by atoms with Crippen LogP contribution in [0.25, 0.3) is 0 Å². The minimum Gasteiger partial charge on any atom is -0.347 e. The van der Waals surface area contributed by atoms with Crippen molar-refractivity contribution in [2.75, 3.05) is 18.0 Å². The average molecular weight is 325 g/mol. The van der Waals surface area contributed by atoms with Gasteiger partial charge >= 0.3 is 0 Å². The van der Waals surface area contributed by atoms with E-state index in [1.54, 1.807) is 18.5 Å². The summed E-state index contributed by atoms with van der Waals surface area (Å²) in [5, 5.41) is 2.90. The Morgan fingerprint density at radius 2 is 1.96 bits per heavy atom. The fourth-order valence-electron chi connectivity index (χ4n) is 2.79. The molecule has 1 fully saturated rings. The topological polar surface area (TPSA) is 71.0 Å².